The molecule has 15 nitrogen and oxygen atoms in total. The maximum Gasteiger partial charge on any atom is 0.426 e. The number of nitrogen functional groups attached to an aromatic ring is 1. The van der Waals surface area contributed by atoms with Crippen molar-refractivity contribution < 1.29 is 49.9 Å². The molecule has 0 aliphatic heterocycles. The van der Waals surface area contributed by atoms with Crippen LogP contribution in [0, 0.1) is 0 Å². The summed E-state index contributed by atoms with van der Waals surface area (Å²) in [5, 5.41) is 29.1. The summed E-state index contributed by atoms with van der Waals surface area (Å²) in [5.74, 6) is -0.0683. The average Bonchev–Trinajstić information content (AvgIpc) is 3.00. The molecule has 140 valence electrons. The van der Waals surface area contributed by atoms with Crippen LogP contribution in [0.5, 0.6) is 5.75 Å². The number of nitrogens with one attached hydrogen (secondary N) is 1. The Kier molecular flexibility index (Phi) is 6.76. The van der Waals surface area contributed by atoms with E-state index >= 15 is 0 Å². The number of aromatic nitrogens is 2. The molecule has 0 aliphatic carbocycles. The van der Waals surface area contributed by atoms with Crippen LogP contribution in [0.1, 0.15) is 0 Å². The molecule has 0 saturated heterocycles. The van der Waals surface area contributed by atoms with Crippen molar-refractivity contribution >= 4 is 29.8 Å². The fourth-order valence-electron chi connectivity index (χ4n) is 1.63. The van der Waals surface area contributed by atoms with Crippen LogP contribution in [0.25, 0.3) is 0 Å². The summed E-state index contributed by atoms with van der Waals surface area (Å²) in [7, 11) is 0. The molecule has 0 atom stereocenters. The van der Waals surface area contributed by atoms with E-state index in [1.807, 2.05) is 0 Å². The SMILES string of the molecule is Nc1c(NC=O)ncn1C(=O)Oc1ccc(N(OOO)OOOO)cc1. The van der Waals surface area contributed by atoms with E-state index in [-0.39, 0.29) is 23.1 Å². The summed E-state index contributed by atoms with van der Waals surface area (Å²) >= 11 is 0. The van der Waals surface area contributed by atoms with Crippen molar-refractivity contribution in [2.75, 3.05) is 16.3 Å². The minimum absolute atomic E-state index is 0.00709. The molecule has 0 fully saturated rings. The maximum atomic E-state index is 12.0. The highest BCUT2D eigenvalue weighted by atomic mass is 17.7. The van der Waals surface area contributed by atoms with Crippen LogP contribution in [0.4, 0.5) is 22.1 Å². The fourth-order valence-corrected chi connectivity index (χ4v) is 1.63. The second-order valence-corrected chi connectivity index (χ2v) is 4.10. The number of carbonyl (C=O) groups is 2. The zero-order chi connectivity index (χ0) is 18.9. The molecule has 0 unspecified atom stereocenters. The van der Waals surface area contributed by atoms with E-state index < -0.39 is 6.09 Å². The molecule has 0 spiro atoms. The van der Waals surface area contributed by atoms with Gasteiger partial charge < -0.3 is 15.8 Å². The Hall–Kier alpha value is -3.31. The van der Waals surface area contributed by atoms with Gasteiger partial charge in [-0.25, -0.2) is 24.9 Å². The molecule has 15 heteroatoms. The van der Waals surface area contributed by atoms with E-state index in [4.69, 9.17) is 21.0 Å². The second-order valence-electron chi connectivity index (χ2n) is 4.10. The predicted molar refractivity (Wildman–Crippen MR) is 77.4 cm³/mol. The highest BCUT2D eigenvalue weighted by Gasteiger charge is 2.16. The number of anilines is 3. The van der Waals surface area contributed by atoms with E-state index in [1.165, 1.54) is 24.3 Å². The van der Waals surface area contributed by atoms with Gasteiger partial charge in [-0.1, -0.05) is 10.2 Å². The number of imidazole rings is 1. The smallest absolute Gasteiger partial charge is 0.410 e. The Bertz CT molecular complexity index is 735. The molecular formula is C11H11N5O10. The van der Waals surface area contributed by atoms with Crippen LogP contribution in [0.15, 0.2) is 30.6 Å². The third-order valence-electron chi connectivity index (χ3n) is 2.68. The van der Waals surface area contributed by atoms with Crippen LogP contribution in [-0.4, -0.2) is 32.6 Å². The van der Waals surface area contributed by atoms with Crippen molar-refractivity contribution in [3.8, 4) is 5.75 Å². The number of nitrogens with zero attached hydrogens (tertiary/aromatic N) is 3. The second kappa shape index (κ2) is 9.25. The van der Waals surface area contributed by atoms with Crippen molar-refractivity contribution in [1.29, 1.82) is 0 Å². The van der Waals surface area contributed by atoms with Crippen LogP contribution in [0.2, 0.25) is 0 Å². The number of hydrogen-bond donors (Lipinski definition) is 4. The minimum atomic E-state index is -0.901. The standard InChI is InChI=1S/C11H11N5O10/c12-9-10(14-6-17)13-5-15(9)11(18)21-8-3-1-7(2-4-8)16(22-24-19)23-26-25-20/h1-6,19-20H,12H2,(H,14,17). The highest BCUT2D eigenvalue weighted by molar-refractivity contribution is 5.83. The monoisotopic (exact) mass is 373 g/mol. The first-order chi connectivity index (χ1) is 12.6. The van der Waals surface area contributed by atoms with Gasteiger partial charge in [0.15, 0.2) is 11.6 Å². The summed E-state index contributed by atoms with van der Waals surface area (Å²) < 4.78 is 5.93. The molecule has 2 aromatic rings. The zero-order valence-corrected chi connectivity index (χ0v) is 12.5. The zero-order valence-electron chi connectivity index (χ0n) is 12.5. The Morgan fingerprint density at radius 2 is 1.96 bits per heavy atom. The normalized spacial score (nSPS) is 10.4. The van der Waals surface area contributed by atoms with Gasteiger partial charge in [0.05, 0.1) is 0 Å². The van der Waals surface area contributed by atoms with Crippen molar-refractivity contribution in [3.63, 3.8) is 0 Å². The predicted octanol–water partition coefficient (Wildman–Crippen LogP) is 0.491. The third-order valence-corrected chi connectivity index (χ3v) is 2.68. The molecule has 0 aliphatic rings. The molecule has 2 rings (SSSR count). The molecule has 5 N–H and O–H groups in total. The summed E-state index contributed by atoms with van der Waals surface area (Å²) in [6.45, 7) is 0. The molecular weight excluding hydrogens is 362 g/mol. The Balaban J connectivity index is 2.06. The van der Waals surface area contributed by atoms with Crippen LogP contribution >= 0.6 is 0 Å². The lowest BCUT2D eigenvalue weighted by Gasteiger charge is -2.15. The fraction of sp³-hybridized carbons (Fsp3) is 0. The topological polar surface area (TPSA) is 189 Å². The summed E-state index contributed by atoms with van der Waals surface area (Å²) in [6.07, 6.45) is 0.512. The van der Waals surface area contributed by atoms with E-state index in [1.54, 1.807) is 0 Å². The molecule has 0 bridgehead atoms. The Morgan fingerprint density at radius 3 is 2.58 bits per heavy atom. The lowest BCUT2D eigenvalue weighted by Crippen LogP contribution is -2.24. The molecule has 1 aromatic carbocycles. The number of ether oxygens (including phenoxy) is 1. The van der Waals surface area contributed by atoms with Gasteiger partial charge in [-0.3, -0.25) is 4.79 Å². The van der Waals surface area contributed by atoms with Crippen molar-refractivity contribution in [2.45, 2.75) is 0 Å². The number of amides is 1. The first kappa shape index (κ1) is 19.0. The largest absolute Gasteiger partial charge is 0.426 e. The molecule has 1 aromatic heterocycles. The Labute approximate surface area is 143 Å². The van der Waals surface area contributed by atoms with Crippen molar-refractivity contribution in [3.05, 3.63) is 30.6 Å². The first-order valence-electron chi connectivity index (χ1n) is 6.39. The summed E-state index contributed by atoms with van der Waals surface area (Å²) in [6, 6.07) is 5.14. The van der Waals surface area contributed by atoms with E-state index in [0.717, 1.165) is 10.9 Å². The van der Waals surface area contributed by atoms with Crippen molar-refractivity contribution in [2.24, 2.45) is 0 Å². The van der Waals surface area contributed by atoms with Crippen LogP contribution in [0.3, 0.4) is 0 Å². The number of benzene rings is 1. The lowest BCUT2D eigenvalue weighted by molar-refractivity contribution is -0.656. The first-order valence-corrected chi connectivity index (χ1v) is 6.39. The number of nitrogens with two attached hydrogens (primary N) is 1. The highest BCUT2D eigenvalue weighted by Crippen LogP contribution is 2.22. The molecule has 1 amide bonds. The number of hydrogen-bond acceptors (Lipinski definition) is 13. The van der Waals surface area contributed by atoms with Gasteiger partial charge in [0.2, 0.25) is 6.41 Å². The number of rotatable bonds is 9. The molecule has 0 radical (unpaired) electrons. The molecule has 1 heterocycles. The molecule has 26 heavy (non-hydrogen) atoms. The van der Waals surface area contributed by atoms with E-state index in [0.29, 0.717) is 11.6 Å². The maximum absolute atomic E-state index is 12.0. The van der Waals surface area contributed by atoms with Gasteiger partial charge in [0.25, 0.3) is 0 Å². The van der Waals surface area contributed by atoms with Gasteiger partial charge >= 0.3 is 6.09 Å². The minimum Gasteiger partial charge on any atom is -0.410 e. The number of carbonyl (C=O) groups excluding carboxylic acids is 2. The quantitative estimate of drug-likeness (QED) is 0.270. The van der Waals surface area contributed by atoms with E-state index in [2.05, 4.69) is 35.4 Å². The van der Waals surface area contributed by atoms with E-state index in [9.17, 15) is 9.59 Å². The molecule has 0 saturated carbocycles. The average molecular weight is 373 g/mol. The summed E-state index contributed by atoms with van der Waals surface area (Å²) in [5.41, 5.74) is 5.69. The van der Waals surface area contributed by atoms with Gasteiger partial charge in [-0.05, 0) is 44.4 Å². The Morgan fingerprint density at radius 1 is 1.23 bits per heavy atom. The third kappa shape index (κ3) is 4.62. The van der Waals surface area contributed by atoms with Gasteiger partial charge in [-0.15, -0.1) is 0 Å². The van der Waals surface area contributed by atoms with Crippen LogP contribution in [-0.2, 0) is 29.9 Å². The van der Waals surface area contributed by atoms with Crippen LogP contribution < -0.4 is 21.0 Å². The van der Waals surface area contributed by atoms with Crippen molar-refractivity contribution in [1.82, 2.24) is 9.55 Å². The lowest BCUT2D eigenvalue weighted by atomic mass is 10.3. The van der Waals surface area contributed by atoms with Gasteiger partial charge in [-0.2, -0.15) is 0 Å². The summed E-state index contributed by atoms with van der Waals surface area (Å²) in [4.78, 5) is 34.5. The van der Waals surface area contributed by atoms with Gasteiger partial charge in [0, 0.05) is 0 Å². The van der Waals surface area contributed by atoms with Gasteiger partial charge in [0.1, 0.15) is 17.8 Å².